The molecule has 1 fully saturated rings. The van der Waals surface area contributed by atoms with Crippen molar-refractivity contribution in [2.75, 3.05) is 0 Å². The van der Waals surface area contributed by atoms with Crippen LogP contribution in [0, 0.1) is 5.92 Å². The van der Waals surface area contributed by atoms with Gasteiger partial charge >= 0.3 is 0 Å². The highest BCUT2D eigenvalue weighted by atomic mass is 16.3. The average molecular weight is 232 g/mol. The molecule has 0 unspecified atom stereocenters. The largest absolute Gasteiger partial charge is 0.464 e. The molecule has 2 rings (SSSR count). The maximum absolute atomic E-state index is 11.7. The topological polar surface area (TPSA) is 30.2 Å². The molecule has 0 amide bonds. The molecule has 1 aliphatic carbocycles. The molecule has 1 heterocycles. The van der Waals surface area contributed by atoms with Crippen molar-refractivity contribution in [3.8, 4) is 0 Å². The quantitative estimate of drug-likeness (QED) is 0.729. The zero-order valence-corrected chi connectivity index (χ0v) is 11.0. The molecule has 0 saturated heterocycles. The number of furan rings is 1. The molecule has 0 radical (unpaired) electrons. The Kier molecular flexibility index (Phi) is 3.23. The van der Waals surface area contributed by atoms with Crippen molar-refractivity contribution in [2.45, 2.75) is 46.5 Å². The summed E-state index contributed by atoms with van der Waals surface area (Å²) in [4.78, 5) is 11.7. The van der Waals surface area contributed by atoms with Crippen molar-refractivity contribution in [1.82, 2.24) is 0 Å². The minimum Gasteiger partial charge on any atom is -0.464 e. The van der Waals surface area contributed by atoms with E-state index in [0.29, 0.717) is 5.92 Å². The smallest absolute Gasteiger partial charge is 0.156 e. The molecule has 0 N–H and O–H groups in total. The molecule has 1 aromatic heterocycles. The van der Waals surface area contributed by atoms with Gasteiger partial charge in [-0.25, -0.2) is 0 Å². The second-order valence-corrected chi connectivity index (χ2v) is 5.27. The molecule has 0 aliphatic heterocycles. The van der Waals surface area contributed by atoms with E-state index in [4.69, 9.17) is 4.42 Å². The van der Waals surface area contributed by atoms with Crippen molar-refractivity contribution < 1.29 is 9.21 Å². The van der Waals surface area contributed by atoms with E-state index >= 15 is 0 Å². The lowest BCUT2D eigenvalue weighted by Crippen LogP contribution is -2.06. The highest BCUT2D eigenvalue weighted by Gasteiger charge is 2.26. The maximum atomic E-state index is 11.7. The number of Topliss-reactive ketones (excluding diaryl/α,β-unsaturated/α-hetero) is 1. The predicted molar refractivity (Wildman–Crippen MR) is 68.8 cm³/mol. The first kappa shape index (κ1) is 12.2. The molecular weight excluding hydrogens is 212 g/mol. The van der Waals surface area contributed by atoms with Crippen LogP contribution in [0.3, 0.4) is 0 Å². The van der Waals surface area contributed by atoms with Gasteiger partial charge in [-0.05, 0) is 55.7 Å². The molecule has 0 atom stereocenters. The summed E-state index contributed by atoms with van der Waals surface area (Å²) in [5.41, 5.74) is 3.15. The van der Waals surface area contributed by atoms with Crippen LogP contribution in [0.15, 0.2) is 22.3 Å². The second kappa shape index (κ2) is 4.52. The molecule has 92 valence electrons. The van der Waals surface area contributed by atoms with E-state index < -0.39 is 0 Å². The Labute approximate surface area is 103 Å². The van der Waals surface area contributed by atoms with E-state index in [9.17, 15) is 4.79 Å². The molecule has 0 spiro atoms. The predicted octanol–water partition coefficient (Wildman–Crippen LogP) is 4.18. The Bertz CT molecular complexity index is 459. The summed E-state index contributed by atoms with van der Waals surface area (Å²) in [7, 11) is 0. The third kappa shape index (κ3) is 2.51. The Morgan fingerprint density at radius 3 is 2.47 bits per heavy atom. The number of ketones is 1. The summed E-state index contributed by atoms with van der Waals surface area (Å²) in [6.45, 7) is 7.70. The summed E-state index contributed by atoms with van der Waals surface area (Å²) in [5, 5.41) is 0. The Morgan fingerprint density at radius 2 is 2.00 bits per heavy atom. The molecule has 17 heavy (non-hydrogen) atoms. The van der Waals surface area contributed by atoms with Gasteiger partial charge in [0.1, 0.15) is 5.76 Å². The number of hydrogen-bond donors (Lipinski definition) is 0. The van der Waals surface area contributed by atoms with Gasteiger partial charge in [-0.3, -0.25) is 4.79 Å². The standard InChI is InChI=1S/C15H20O2/c1-9(2)15(11(4)16)10(3)14-7-13(8-17-14)12-5-6-12/h7-9,12H,5-6H2,1-4H3. The molecule has 1 aromatic rings. The minimum atomic E-state index is 0.141. The summed E-state index contributed by atoms with van der Waals surface area (Å²) in [5.74, 6) is 1.93. The zero-order valence-electron chi connectivity index (χ0n) is 11.0. The van der Waals surface area contributed by atoms with Gasteiger partial charge in [-0.1, -0.05) is 13.8 Å². The van der Waals surface area contributed by atoms with Gasteiger partial charge in [-0.15, -0.1) is 0 Å². The number of hydrogen-bond acceptors (Lipinski definition) is 2. The van der Waals surface area contributed by atoms with E-state index in [1.807, 2.05) is 27.0 Å². The van der Waals surface area contributed by atoms with Crippen molar-refractivity contribution >= 4 is 11.4 Å². The van der Waals surface area contributed by atoms with Crippen LogP contribution in [0.2, 0.25) is 0 Å². The fraction of sp³-hybridized carbons (Fsp3) is 0.533. The molecular formula is C15H20O2. The second-order valence-electron chi connectivity index (χ2n) is 5.27. The highest BCUT2D eigenvalue weighted by molar-refractivity contribution is 6.00. The zero-order chi connectivity index (χ0) is 12.6. The summed E-state index contributed by atoms with van der Waals surface area (Å²) in [6, 6.07) is 2.10. The van der Waals surface area contributed by atoms with Gasteiger partial charge in [0, 0.05) is 5.57 Å². The van der Waals surface area contributed by atoms with E-state index in [0.717, 1.165) is 16.9 Å². The molecule has 2 nitrogen and oxygen atoms in total. The normalized spacial score (nSPS) is 17.2. The van der Waals surface area contributed by atoms with Crippen LogP contribution >= 0.6 is 0 Å². The molecule has 2 heteroatoms. The third-order valence-electron chi connectivity index (χ3n) is 3.40. The van der Waals surface area contributed by atoms with Crippen molar-refractivity contribution in [3.63, 3.8) is 0 Å². The fourth-order valence-electron chi connectivity index (χ4n) is 2.41. The Hall–Kier alpha value is -1.31. The first-order valence-electron chi connectivity index (χ1n) is 6.31. The van der Waals surface area contributed by atoms with E-state index in [-0.39, 0.29) is 11.7 Å². The number of carbonyl (C=O) groups is 1. The number of rotatable bonds is 4. The summed E-state index contributed by atoms with van der Waals surface area (Å²) < 4.78 is 5.60. The SMILES string of the molecule is CC(=O)C(=C(C)c1cc(C2CC2)co1)C(C)C. The fourth-order valence-corrected chi connectivity index (χ4v) is 2.41. The maximum Gasteiger partial charge on any atom is 0.156 e. The number of carbonyl (C=O) groups excluding carboxylic acids is 1. The molecule has 0 aromatic carbocycles. The first-order chi connectivity index (χ1) is 8.00. The van der Waals surface area contributed by atoms with Gasteiger partial charge in [0.2, 0.25) is 0 Å². The monoisotopic (exact) mass is 232 g/mol. The van der Waals surface area contributed by atoms with Crippen LogP contribution in [-0.2, 0) is 4.79 Å². The third-order valence-corrected chi connectivity index (χ3v) is 3.40. The van der Waals surface area contributed by atoms with E-state index in [2.05, 4.69) is 6.07 Å². The van der Waals surface area contributed by atoms with Crippen LogP contribution in [0.4, 0.5) is 0 Å². The van der Waals surface area contributed by atoms with Gasteiger partial charge < -0.3 is 4.42 Å². The van der Waals surface area contributed by atoms with Crippen LogP contribution in [0.5, 0.6) is 0 Å². The van der Waals surface area contributed by atoms with Crippen molar-refractivity contribution in [2.24, 2.45) is 5.92 Å². The Balaban J connectivity index is 2.35. The lowest BCUT2D eigenvalue weighted by atomic mass is 9.93. The molecule has 0 bridgehead atoms. The Morgan fingerprint density at radius 1 is 1.35 bits per heavy atom. The van der Waals surface area contributed by atoms with Crippen molar-refractivity contribution in [3.05, 3.63) is 29.2 Å². The van der Waals surface area contributed by atoms with Gasteiger partial charge in [0.25, 0.3) is 0 Å². The van der Waals surface area contributed by atoms with Crippen LogP contribution in [0.25, 0.3) is 5.57 Å². The van der Waals surface area contributed by atoms with E-state index in [1.165, 1.54) is 18.4 Å². The minimum absolute atomic E-state index is 0.141. The van der Waals surface area contributed by atoms with Crippen LogP contribution in [-0.4, -0.2) is 5.78 Å². The molecule has 1 aliphatic rings. The van der Waals surface area contributed by atoms with E-state index in [1.54, 1.807) is 6.92 Å². The van der Waals surface area contributed by atoms with Crippen LogP contribution in [0.1, 0.15) is 57.8 Å². The van der Waals surface area contributed by atoms with Gasteiger partial charge in [0.05, 0.1) is 6.26 Å². The molecule has 1 saturated carbocycles. The lowest BCUT2D eigenvalue weighted by Gasteiger charge is -2.11. The lowest BCUT2D eigenvalue weighted by molar-refractivity contribution is -0.114. The highest BCUT2D eigenvalue weighted by Crippen LogP contribution is 2.41. The summed E-state index contributed by atoms with van der Waals surface area (Å²) >= 11 is 0. The number of allylic oxidation sites excluding steroid dienone is 2. The summed E-state index contributed by atoms with van der Waals surface area (Å²) in [6.07, 6.45) is 4.38. The van der Waals surface area contributed by atoms with Gasteiger partial charge in [0.15, 0.2) is 5.78 Å². The first-order valence-corrected chi connectivity index (χ1v) is 6.31. The van der Waals surface area contributed by atoms with Crippen molar-refractivity contribution in [1.29, 1.82) is 0 Å². The van der Waals surface area contributed by atoms with Gasteiger partial charge in [-0.2, -0.15) is 0 Å². The average Bonchev–Trinajstić information content (AvgIpc) is 2.95. The van der Waals surface area contributed by atoms with Crippen LogP contribution < -0.4 is 0 Å².